The van der Waals surface area contributed by atoms with E-state index in [0.717, 1.165) is 10.8 Å². The van der Waals surface area contributed by atoms with Gasteiger partial charge in [-0.1, -0.05) is 46.3 Å². The van der Waals surface area contributed by atoms with Crippen molar-refractivity contribution in [3.05, 3.63) is 88.0 Å². The van der Waals surface area contributed by atoms with E-state index >= 15 is 0 Å². The molecule has 3 rings (SSSR count). The second kappa shape index (κ2) is 8.83. The van der Waals surface area contributed by atoms with Crippen molar-refractivity contribution in [2.75, 3.05) is 5.32 Å². The van der Waals surface area contributed by atoms with Crippen LogP contribution in [-0.2, 0) is 5.75 Å². The molecule has 0 aliphatic rings. The normalized spacial score (nSPS) is 10.4. The second-order valence-corrected chi connectivity index (χ2v) is 7.52. The van der Waals surface area contributed by atoms with E-state index in [1.807, 2.05) is 30.3 Å². The molecule has 0 fully saturated rings. The summed E-state index contributed by atoms with van der Waals surface area (Å²) in [5.41, 5.74) is 1.84. The molecule has 7 heteroatoms. The van der Waals surface area contributed by atoms with Crippen molar-refractivity contribution in [3.63, 3.8) is 0 Å². The van der Waals surface area contributed by atoms with E-state index in [9.17, 15) is 14.7 Å². The number of aromatic nitrogens is 1. The van der Waals surface area contributed by atoms with E-state index in [4.69, 9.17) is 0 Å². The largest absolute Gasteiger partial charge is 0.478 e. The lowest BCUT2D eigenvalue weighted by atomic mass is 10.1. The summed E-state index contributed by atoms with van der Waals surface area (Å²) in [5, 5.41) is 12.7. The minimum Gasteiger partial charge on any atom is -0.478 e. The smallest absolute Gasteiger partial charge is 0.337 e. The van der Waals surface area contributed by atoms with Gasteiger partial charge in [0.25, 0.3) is 5.91 Å². The minimum absolute atomic E-state index is 0.0189. The summed E-state index contributed by atoms with van der Waals surface area (Å²) in [6.45, 7) is 0. The first-order valence-electron chi connectivity index (χ1n) is 8.00. The highest BCUT2D eigenvalue weighted by Crippen LogP contribution is 2.24. The lowest BCUT2D eigenvalue weighted by Gasteiger charge is -2.10. The number of nitrogens with zero attached hydrogens (tertiary/aromatic N) is 1. The molecular weight excluding hydrogens is 428 g/mol. The third-order valence-electron chi connectivity index (χ3n) is 3.69. The van der Waals surface area contributed by atoms with E-state index in [1.165, 1.54) is 23.4 Å². The molecule has 2 aromatic carbocycles. The number of carboxylic acids is 1. The molecule has 0 saturated heterocycles. The molecule has 2 N–H and O–H groups in total. The average Bonchev–Trinajstić information content (AvgIpc) is 2.68. The number of halogens is 1. The van der Waals surface area contributed by atoms with Crippen molar-refractivity contribution >= 4 is 45.3 Å². The van der Waals surface area contributed by atoms with Crippen molar-refractivity contribution in [2.45, 2.75) is 10.8 Å². The van der Waals surface area contributed by atoms with Gasteiger partial charge in [-0.2, -0.15) is 0 Å². The van der Waals surface area contributed by atoms with Crippen molar-refractivity contribution in [3.8, 4) is 0 Å². The first-order chi connectivity index (χ1) is 13.0. The SMILES string of the molecule is O=C(Nc1ccc(Br)cc1C(=O)O)c1ccnc(SCc2ccccc2)c1. The minimum atomic E-state index is -1.11. The summed E-state index contributed by atoms with van der Waals surface area (Å²) in [4.78, 5) is 28.2. The third kappa shape index (κ3) is 5.18. The molecule has 0 bridgehead atoms. The van der Waals surface area contributed by atoms with Crippen LogP contribution in [0, 0.1) is 0 Å². The van der Waals surface area contributed by atoms with Crippen molar-refractivity contribution < 1.29 is 14.7 Å². The molecule has 0 saturated carbocycles. The Morgan fingerprint density at radius 2 is 1.85 bits per heavy atom. The van der Waals surface area contributed by atoms with Crippen molar-refractivity contribution in [2.24, 2.45) is 0 Å². The van der Waals surface area contributed by atoms with E-state index in [-0.39, 0.29) is 17.2 Å². The van der Waals surface area contributed by atoms with Crippen LogP contribution in [0.1, 0.15) is 26.3 Å². The zero-order valence-electron chi connectivity index (χ0n) is 14.1. The highest BCUT2D eigenvalue weighted by Gasteiger charge is 2.14. The van der Waals surface area contributed by atoms with Gasteiger partial charge in [-0.3, -0.25) is 4.79 Å². The van der Waals surface area contributed by atoms with Crippen LogP contribution in [0.15, 0.2) is 76.4 Å². The Morgan fingerprint density at radius 1 is 1.07 bits per heavy atom. The van der Waals surface area contributed by atoms with Gasteiger partial charge in [-0.05, 0) is 35.9 Å². The number of hydrogen-bond acceptors (Lipinski definition) is 4. The molecule has 0 unspecified atom stereocenters. The maximum Gasteiger partial charge on any atom is 0.337 e. The second-order valence-electron chi connectivity index (χ2n) is 5.61. The molecule has 136 valence electrons. The van der Waals surface area contributed by atoms with Crippen LogP contribution in [0.25, 0.3) is 0 Å². The standard InChI is InChI=1S/C20H15BrN2O3S/c21-15-6-7-17(16(11-15)20(25)26)23-19(24)14-8-9-22-18(10-14)27-12-13-4-2-1-3-5-13/h1-11H,12H2,(H,23,24)(H,25,26). The van der Waals surface area contributed by atoms with Crippen LogP contribution in [0.5, 0.6) is 0 Å². The fraction of sp³-hybridized carbons (Fsp3) is 0.0500. The number of anilines is 1. The summed E-state index contributed by atoms with van der Waals surface area (Å²) in [6.07, 6.45) is 1.57. The summed E-state index contributed by atoms with van der Waals surface area (Å²) in [6, 6.07) is 18.0. The molecule has 5 nitrogen and oxygen atoms in total. The molecule has 1 aromatic heterocycles. The van der Waals surface area contributed by atoms with Crippen LogP contribution in [-0.4, -0.2) is 22.0 Å². The lowest BCUT2D eigenvalue weighted by molar-refractivity contribution is 0.0698. The number of carboxylic acid groups (broad SMARTS) is 1. The first-order valence-corrected chi connectivity index (χ1v) is 9.78. The molecule has 1 heterocycles. The highest BCUT2D eigenvalue weighted by molar-refractivity contribution is 9.10. The van der Waals surface area contributed by atoms with E-state index in [1.54, 1.807) is 30.5 Å². The zero-order valence-corrected chi connectivity index (χ0v) is 16.5. The number of hydrogen-bond donors (Lipinski definition) is 2. The van der Waals surface area contributed by atoms with Gasteiger partial charge in [0, 0.05) is 22.0 Å². The Balaban J connectivity index is 1.73. The van der Waals surface area contributed by atoms with Gasteiger partial charge in [0.05, 0.1) is 16.3 Å². The summed E-state index contributed by atoms with van der Waals surface area (Å²) < 4.78 is 0.626. The number of benzene rings is 2. The van der Waals surface area contributed by atoms with Gasteiger partial charge < -0.3 is 10.4 Å². The number of amides is 1. The first kappa shape index (κ1) is 19.1. The topological polar surface area (TPSA) is 79.3 Å². The Bertz CT molecular complexity index is 980. The Labute approximate surface area is 169 Å². The van der Waals surface area contributed by atoms with Gasteiger partial charge in [-0.25, -0.2) is 9.78 Å². The molecular formula is C20H15BrN2O3S. The van der Waals surface area contributed by atoms with Crippen LogP contribution in [0.4, 0.5) is 5.69 Å². The summed E-state index contributed by atoms with van der Waals surface area (Å²) in [7, 11) is 0. The van der Waals surface area contributed by atoms with E-state index in [2.05, 4.69) is 26.2 Å². The molecule has 0 aliphatic heterocycles. The molecule has 0 radical (unpaired) electrons. The predicted octanol–water partition coefficient (Wildman–Crippen LogP) is 5.09. The van der Waals surface area contributed by atoms with Crippen LogP contribution < -0.4 is 5.32 Å². The van der Waals surface area contributed by atoms with Crippen molar-refractivity contribution in [1.82, 2.24) is 4.98 Å². The third-order valence-corrected chi connectivity index (χ3v) is 5.18. The molecule has 27 heavy (non-hydrogen) atoms. The summed E-state index contributed by atoms with van der Waals surface area (Å²) >= 11 is 4.76. The van der Waals surface area contributed by atoms with Gasteiger partial charge in [-0.15, -0.1) is 11.8 Å². The van der Waals surface area contributed by atoms with Gasteiger partial charge in [0.2, 0.25) is 0 Å². The number of thioether (sulfide) groups is 1. The highest BCUT2D eigenvalue weighted by atomic mass is 79.9. The number of pyridine rings is 1. The monoisotopic (exact) mass is 442 g/mol. The van der Waals surface area contributed by atoms with E-state index < -0.39 is 5.97 Å². The van der Waals surface area contributed by atoms with Crippen LogP contribution >= 0.6 is 27.7 Å². The summed E-state index contributed by atoms with van der Waals surface area (Å²) in [5.74, 6) is -0.751. The van der Waals surface area contributed by atoms with Crippen molar-refractivity contribution in [1.29, 1.82) is 0 Å². The Hall–Kier alpha value is -2.64. The maximum absolute atomic E-state index is 12.5. The maximum atomic E-state index is 12.5. The molecule has 0 atom stereocenters. The van der Waals surface area contributed by atoms with Crippen LogP contribution in [0.3, 0.4) is 0 Å². The van der Waals surface area contributed by atoms with Gasteiger partial charge in [0.15, 0.2) is 0 Å². The fourth-order valence-electron chi connectivity index (χ4n) is 2.36. The van der Waals surface area contributed by atoms with E-state index in [0.29, 0.717) is 10.0 Å². The quantitative estimate of drug-likeness (QED) is 0.519. The number of rotatable bonds is 6. The van der Waals surface area contributed by atoms with Gasteiger partial charge >= 0.3 is 5.97 Å². The molecule has 3 aromatic rings. The fourth-order valence-corrected chi connectivity index (χ4v) is 3.57. The van der Waals surface area contributed by atoms with Gasteiger partial charge in [0.1, 0.15) is 0 Å². The number of carbonyl (C=O) groups excluding carboxylic acids is 1. The number of aromatic carboxylic acids is 1. The Morgan fingerprint density at radius 3 is 2.59 bits per heavy atom. The predicted molar refractivity (Wildman–Crippen MR) is 109 cm³/mol. The Kier molecular flexibility index (Phi) is 6.26. The molecule has 1 amide bonds. The van der Waals surface area contributed by atoms with Crippen LogP contribution in [0.2, 0.25) is 0 Å². The molecule has 0 spiro atoms. The average molecular weight is 443 g/mol. The lowest BCUT2D eigenvalue weighted by Crippen LogP contribution is -2.15. The zero-order chi connectivity index (χ0) is 19.2. The number of nitrogens with one attached hydrogen (secondary N) is 1. The number of carbonyl (C=O) groups is 2. The molecule has 0 aliphatic carbocycles.